The molecule has 16 heavy (non-hydrogen) atoms. The third-order valence-corrected chi connectivity index (χ3v) is 2.70. The Balaban J connectivity index is 2.22. The van der Waals surface area contributed by atoms with E-state index in [1.165, 1.54) is 0 Å². The number of carbonyl (C=O) groups excluding carboxylic acids is 1. The fourth-order valence-corrected chi connectivity index (χ4v) is 2.00. The maximum atomic E-state index is 11.5. The summed E-state index contributed by atoms with van der Waals surface area (Å²) in [6, 6.07) is 0. The van der Waals surface area contributed by atoms with Crippen LogP contribution in [0.5, 0.6) is 0 Å². The van der Waals surface area contributed by atoms with Gasteiger partial charge in [0.25, 0.3) is 0 Å². The molecule has 0 bridgehead atoms. The summed E-state index contributed by atoms with van der Waals surface area (Å²) < 4.78 is 5.58. The second kappa shape index (κ2) is 7.60. The molecule has 1 atom stereocenters. The largest absolute Gasteiger partial charge is 0.377 e. The van der Waals surface area contributed by atoms with Gasteiger partial charge in [-0.3, -0.25) is 9.69 Å². The second-order valence-corrected chi connectivity index (χ2v) is 4.09. The maximum Gasteiger partial charge on any atom is 0.234 e. The molecule has 1 aliphatic rings. The third-order valence-electron chi connectivity index (χ3n) is 2.70. The molecule has 0 aromatic carbocycles. The summed E-state index contributed by atoms with van der Waals surface area (Å²) in [4.78, 5) is 13.6. The van der Waals surface area contributed by atoms with Crippen molar-refractivity contribution >= 4 is 5.91 Å². The van der Waals surface area contributed by atoms with Crippen LogP contribution in [0.2, 0.25) is 0 Å². The lowest BCUT2D eigenvalue weighted by molar-refractivity contribution is -0.123. The van der Waals surface area contributed by atoms with Crippen LogP contribution in [-0.2, 0) is 9.53 Å². The highest BCUT2D eigenvalue weighted by atomic mass is 16.5. The fraction of sp³-hybridized carbons (Fsp3) is 0.909. The number of amides is 1. The number of carbonyl (C=O) groups is 1. The third kappa shape index (κ3) is 4.92. The number of rotatable bonds is 6. The van der Waals surface area contributed by atoms with Crippen molar-refractivity contribution in [1.29, 1.82) is 0 Å². The van der Waals surface area contributed by atoms with Crippen molar-refractivity contribution in [1.82, 2.24) is 10.2 Å². The number of hydrogen-bond donors (Lipinski definition) is 2. The van der Waals surface area contributed by atoms with E-state index < -0.39 is 0 Å². The average molecular weight is 229 g/mol. The normalized spacial score (nSPS) is 22.0. The highest BCUT2D eigenvalue weighted by Crippen LogP contribution is 2.12. The molecule has 0 aromatic heterocycles. The van der Waals surface area contributed by atoms with E-state index in [1.807, 2.05) is 6.92 Å². The van der Waals surface area contributed by atoms with Gasteiger partial charge in [-0.15, -0.1) is 0 Å². The van der Waals surface area contributed by atoms with Crippen LogP contribution in [-0.4, -0.2) is 56.2 Å². The van der Waals surface area contributed by atoms with Gasteiger partial charge >= 0.3 is 0 Å². The summed E-state index contributed by atoms with van der Waals surface area (Å²) in [6.07, 6.45) is 2.50. The molecule has 1 saturated heterocycles. The van der Waals surface area contributed by atoms with Crippen molar-refractivity contribution in [3.63, 3.8) is 0 Å². The first kappa shape index (κ1) is 13.4. The van der Waals surface area contributed by atoms with E-state index in [9.17, 15) is 4.79 Å². The maximum absolute atomic E-state index is 11.5. The van der Waals surface area contributed by atoms with Crippen LogP contribution >= 0.6 is 0 Å². The molecule has 0 radical (unpaired) electrons. The van der Waals surface area contributed by atoms with Crippen molar-refractivity contribution < 1.29 is 9.53 Å². The summed E-state index contributed by atoms with van der Waals surface area (Å²) in [5, 5.41) is 2.78. The van der Waals surface area contributed by atoms with Gasteiger partial charge in [0.2, 0.25) is 5.91 Å². The first-order chi connectivity index (χ1) is 7.76. The van der Waals surface area contributed by atoms with Crippen LogP contribution in [0.15, 0.2) is 0 Å². The Bertz CT molecular complexity index is 209. The monoisotopic (exact) mass is 229 g/mol. The first-order valence-electron chi connectivity index (χ1n) is 6.07. The van der Waals surface area contributed by atoms with E-state index in [4.69, 9.17) is 10.5 Å². The summed E-state index contributed by atoms with van der Waals surface area (Å²) in [7, 11) is 0. The quantitative estimate of drug-likeness (QED) is 0.648. The molecule has 0 aliphatic carbocycles. The minimum absolute atomic E-state index is 0.0580. The van der Waals surface area contributed by atoms with Crippen molar-refractivity contribution in [2.75, 3.05) is 39.3 Å². The topological polar surface area (TPSA) is 67.6 Å². The van der Waals surface area contributed by atoms with E-state index in [1.54, 1.807) is 0 Å². The number of ether oxygens (including phenoxy) is 1. The Morgan fingerprint density at radius 3 is 3.12 bits per heavy atom. The van der Waals surface area contributed by atoms with Gasteiger partial charge in [-0.25, -0.2) is 0 Å². The van der Waals surface area contributed by atoms with Crippen LogP contribution < -0.4 is 11.1 Å². The summed E-state index contributed by atoms with van der Waals surface area (Å²) in [6.45, 7) is 6.12. The Morgan fingerprint density at radius 2 is 2.44 bits per heavy atom. The molecule has 0 aromatic rings. The van der Waals surface area contributed by atoms with Gasteiger partial charge in [-0.05, 0) is 26.3 Å². The lowest BCUT2D eigenvalue weighted by Gasteiger charge is -2.31. The average Bonchev–Trinajstić information content (AvgIpc) is 2.27. The molecular formula is C11H23N3O2. The van der Waals surface area contributed by atoms with E-state index in [-0.39, 0.29) is 5.91 Å². The van der Waals surface area contributed by atoms with Gasteiger partial charge in [-0.1, -0.05) is 0 Å². The minimum atomic E-state index is 0.0580. The van der Waals surface area contributed by atoms with Gasteiger partial charge in [0.15, 0.2) is 0 Å². The summed E-state index contributed by atoms with van der Waals surface area (Å²) >= 11 is 0. The van der Waals surface area contributed by atoms with Crippen LogP contribution in [0.3, 0.4) is 0 Å². The van der Waals surface area contributed by atoms with Gasteiger partial charge in [-0.2, -0.15) is 0 Å². The van der Waals surface area contributed by atoms with Crippen LogP contribution in [0.4, 0.5) is 0 Å². The van der Waals surface area contributed by atoms with Crippen molar-refractivity contribution in [2.45, 2.75) is 25.9 Å². The van der Waals surface area contributed by atoms with E-state index in [2.05, 4.69) is 10.2 Å². The molecule has 1 aliphatic heterocycles. The van der Waals surface area contributed by atoms with Crippen LogP contribution in [0.25, 0.3) is 0 Å². The number of likely N-dealkylation sites (tertiary alicyclic amines) is 1. The predicted octanol–water partition coefficient (Wildman–Crippen LogP) is -0.438. The van der Waals surface area contributed by atoms with E-state index in [0.29, 0.717) is 25.7 Å². The highest BCUT2D eigenvalue weighted by molar-refractivity contribution is 5.78. The van der Waals surface area contributed by atoms with Crippen LogP contribution in [0.1, 0.15) is 19.8 Å². The molecule has 5 nitrogen and oxygen atoms in total. The minimum Gasteiger partial charge on any atom is -0.377 e. The molecular weight excluding hydrogens is 206 g/mol. The van der Waals surface area contributed by atoms with Crippen molar-refractivity contribution in [3.05, 3.63) is 0 Å². The van der Waals surface area contributed by atoms with Crippen LogP contribution in [0, 0.1) is 0 Å². The Morgan fingerprint density at radius 1 is 1.62 bits per heavy atom. The summed E-state index contributed by atoms with van der Waals surface area (Å²) in [5.74, 6) is 0.0580. The van der Waals surface area contributed by atoms with E-state index in [0.717, 1.165) is 32.5 Å². The van der Waals surface area contributed by atoms with Gasteiger partial charge in [0.1, 0.15) is 0 Å². The first-order valence-corrected chi connectivity index (χ1v) is 6.07. The number of nitrogens with one attached hydrogen (secondary N) is 1. The molecule has 1 amide bonds. The molecule has 0 saturated carbocycles. The zero-order valence-corrected chi connectivity index (χ0v) is 10.1. The van der Waals surface area contributed by atoms with Crippen molar-refractivity contribution in [2.24, 2.45) is 5.73 Å². The second-order valence-electron chi connectivity index (χ2n) is 4.09. The van der Waals surface area contributed by atoms with Gasteiger partial charge in [0.05, 0.1) is 12.6 Å². The molecule has 94 valence electrons. The highest BCUT2D eigenvalue weighted by Gasteiger charge is 2.21. The molecule has 1 unspecified atom stereocenters. The SMILES string of the molecule is CCOC1CCCN(CC(=O)NCCN)C1. The molecule has 1 fully saturated rings. The Hall–Kier alpha value is -0.650. The molecule has 5 heteroatoms. The molecule has 0 spiro atoms. The van der Waals surface area contributed by atoms with Gasteiger partial charge < -0.3 is 15.8 Å². The van der Waals surface area contributed by atoms with Gasteiger partial charge in [0, 0.05) is 26.2 Å². The van der Waals surface area contributed by atoms with Crippen molar-refractivity contribution in [3.8, 4) is 0 Å². The number of piperidine rings is 1. The lowest BCUT2D eigenvalue weighted by atomic mass is 10.1. The number of nitrogens with two attached hydrogens (primary N) is 1. The fourth-order valence-electron chi connectivity index (χ4n) is 2.00. The Labute approximate surface area is 97.3 Å². The number of hydrogen-bond acceptors (Lipinski definition) is 4. The smallest absolute Gasteiger partial charge is 0.234 e. The predicted molar refractivity (Wildman–Crippen MR) is 63.2 cm³/mol. The molecule has 1 rings (SSSR count). The molecule has 3 N–H and O–H groups in total. The zero-order valence-electron chi connectivity index (χ0n) is 10.1. The Kier molecular flexibility index (Phi) is 6.37. The standard InChI is InChI=1S/C11H23N3O2/c1-2-16-10-4-3-7-14(8-10)9-11(15)13-6-5-12/h10H,2-9,12H2,1H3,(H,13,15). The van der Waals surface area contributed by atoms with E-state index >= 15 is 0 Å². The molecule has 1 heterocycles. The zero-order chi connectivity index (χ0) is 11.8. The number of nitrogens with zero attached hydrogens (tertiary/aromatic N) is 1. The summed E-state index contributed by atoms with van der Waals surface area (Å²) in [5.41, 5.74) is 5.32. The lowest BCUT2D eigenvalue weighted by Crippen LogP contribution is -2.45.